The average Bonchev–Trinajstić information content (AvgIpc) is 2.52. The van der Waals surface area contributed by atoms with Gasteiger partial charge in [0.05, 0.1) is 0 Å². The fraction of sp³-hybridized carbons (Fsp3) is 0.471. The molecule has 0 aliphatic heterocycles. The minimum absolute atomic E-state index is 0.227. The number of rotatable bonds is 11. The average molecular weight is 306 g/mol. The van der Waals surface area contributed by atoms with E-state index < -0.39 is 0 Å². The number of anilines is 1. The fourth-order valence-corrected chi connectivity index (χ4v) is 1.72. The molecule has 0 saturated heterocycles. The molecule has 1 aromatic carbocycles. The Bertz CT molecular complexity index is 449. The summed E-state index contributed by atoms with van der Waals surface area (Å²) in [4.78, 5) is 11.8. The lowest BCUT2D eigenvalue weighted by Gasteiger charge is -2.09. The Kier molecular flexibility index (Phi) is 9.54. The van der Waals surface area contributed by atoms with Gasteiger partial charge in [0.2, 0.25) is 0 Å². The summed E-state index contributed by atoms with van der Waals surface area (Å²) in [6, 6.07) is 7.02. The van der Waals surface area contributed by atoms with Gasteiger partial charge in [-0.15, -0.1) is 0 Å². The predicted octanol–water partition coefficient (Wildman–Crippen LogP) is 3.58. The summed E-state index contributed by atoms with van der Waals surface area (Å²) in [5, 5.41) is 5.57. The maximum Gasteiger partial charge on any atom is 0.319 e. The Morgan fingerprint density at radius 3 is 2.91 bits per heavy atom. The number of hydrogen-bond donors (Lipinski definition) is 2. The van der Waals surface area contributed by atoms with Crippen LogP contribution in [0.25, 0.3) is 0 Å². The predicted molar refractivity (Wildman–Crippen MR) is 89.5 cm³/mol. The summed E-state index contributed by atoms with van der Waals surface area (Å²) in [5.74, 6) is 0.696. The van der Waals surface area contributed by atoms with Crippen LogP contribution < -0.4 is 15.4 Å². The van der Waals surface area contributed by atoms with Crippen molar-refractivity contribution in [1.29, 1.82) is 0 Å². The highest BCUT2D eigenvalue weighted by molar-refractivity contribution is 5.89. The van der Waals surface area contributed by atoms with E-state index in [1.54, 1.807) is 12.1 Å². The van der Waals surface area contributed by atoms with E-state index in [0.717, 1.165) is 25.9 Å². The van der Waals surface area contributed by atoms with Gasteiger partial charge in [-0.05, 0) is 25.0 Å². The fourth-order valence-electron chi connectivity index (χ4n) is 1.72. The smallest absolute Gasteiger partial charge is 0.319 e. The van der Waals surface area contributed by atoms with Crippen LogP contribution in [0.2, 0.25) is 0 Å². The summed E-state index contributed by atoms with van der Waals surface area (Å²) < 4.78 is 10.8. The molecule has 22 heavy (non-hydrogen) atoms. The van der Waals surface area contributed by atoms with Gasteiger partial charge in [-0.25, -0.2) is 4.79 Å². The third-order valence-corrected chi connectivity index (χ3v) is 2.85. The first-order chi connectivity index (χ1) is 10.8. The third-order valence-electron chi connectivity index (χ3n) is 2.85. The van der Waals surface area contributed by atoms with E-state index in [1.165, 1.54) is 0 Å². The quantitative estimate of drug-likeness (QED) is 0.485. The van der Waals surface area contributed by atoms with Crippen molar-refractivity contribution in [3.8, 4) is 5.75 Å². The molecule has 5 nitrogen and oxygen atoms in total. The van der Waals surface area contributed by atoms with Crippen LogP contribution >= 0.6 is 0 Å². The van der Waals surface area contributed by atoms with E-state index in [-0.39, 0.29) is 6.03 Å². The Morgan fingerprint density at radius 2 is 2.14 bits per heavy atom. The van der Waals surface area contributed by atoms with Gasteiger partial charge in [0.1, 0.15) is 12.4 Å². The molecule has 0 aliphatic carbocycles. The van der Waals surface area contributed by atoms with E-state index in [0.29, 0.717) is 31.2 Å². The second-order valence-electron chi connectivity index (χ2n) is 4.83. The lowest BCUT2D eigenvalue weighted by Crippen LogP contribution is -2.30. The van der Waals surface area contributed by atoms with Crippen LogP contribution in [0.5, 0.6) is 5.75 Å². The second kappa shape index (κ2) is 11.6. The normalized spacial score (nSPS) is 10.0. The maximum absolute atomic E-state index is 11.8. The van der Waals surface area contributed by atoms with Gasteiger partial charge in [-0.2, -0.15) is 0 Å². The van der Waals surface area contributed by atoms with Crippen LogP contribution in [0.1, 0.15) is 26.2 Å². The number of ether oxygens (including phenoxy) is 2. The molecular weight excluding hydrogens is 280 g/mol. The molecule has 0 bridgehead atoms. The van der Waals surface area contributed by atoms with Crippen LogP contribution in [0, 0.1) is 0 Å². The molecular formula is C17H26N2O3. The molecule has 1 rings (SSSR count). The number of amides is 2. The van der Waals surface area contributed by atoms with Crippen molar-refractivity contribution in [2.45, 2.75) is 26.2 Å². The van der Waals surface area contributed by atoms with E-state index in [2.05, 4.69) is 24.1 Å². The molecule has 2 N–H and O–H groups in total. The van der Waals surface area contributed by atoms with Gasteiger partial charge in [0.15, 0.2) is 0 Å². The van der Waals surface area contributed by atoms with Gasteiger partial charge in [-0.1, -0.05) is 32.1 Å². The molecule has 0 aliphatic rings. The molecule has 0 saturated carbocycles. The SMILES string of the molecule is C=CCOc1cccc(NC(=O)NCCCOCCCC)c1. The van der Waals surface area contributed by atoms with Crippen LogP contribution in [0.3, 0.4) is 0 Å². The molecule has 0 unspecified atom stereocenters. The Balaban J connectivity index is 2.20. The summed E-state index contributed by atoms with van der Waals surface area (Å²) >= 11 is 0. The molecule has 0 atom stereocenters. The van der Waals surface area contributed by atoms with E-state index >= 15 is 0 Å². The summed E-state index contributed by atoms with van der Waals surface area (Å²) in [6.45, 7) is 8.22. The molecule has 0 radical (unpaired) electrons. The zero-order chi connectivity index (χ0) is 16.0. The number of nitrogens with one attached hydrogen (secondary N) is 2. The van der Waals surface area contributed by atoms with Crippen LogP contribution in [-0.2, 0) is 4.74 Å². The van der Waals surface area contributed by atoms with Gasteiger partial charge in [0.25, 0.3) is 0 Å². The van der Waals surface area contributed by atoms with Crippen molar-refractivity contribution >= 4 is 11.7 Å². The Labute approximate surface area is 132 Å². The molecule has 0 fully saturated rings. The highest BCUT2D eigenvalue weighted by atomic mass is 16.5. The standard InChI is InChI=1S/C17H26N2O3/c1-3-5-12-21-13-7-10-18-17(20)19-15-8-6-9-16(14-15)22-11-4-2/h4,6,8-9,14H,2-3,5,7,10-13H2,1H3,(H2,18,19,20). The van der Waals surface area contributed by atoms with E-state index in [1.807, 2.05) is 18.2 Å². The Hall–Kier alpha value is -2.01. The number of hydrogen-bond acceptors (Lipinski definition) is 3. The molecule has 0 heterocycles. The van der Waals surface area contributed by atoms with Crippen molar-refractivity contribution in [2.75, 3.05) is 31.7 Å². The lowest BCUT2D eigenvalue weighted by atomic mass is 10.3. The van der Waals surface area contributed by atoms with Crippen molar-refractivity contribution in [3.63, 3.8) is 0 Å². The minimum Gasteiger partial charge on any atom is -0.489 e. The van der Waals surface area contributed by atoms with E-state index in [9.17, 15) is 4.79 Å². The monoisotopic (exact) mass is 306 g/mol. The highest BCUT2D eigenvalue weighted by Crippen LogP contribution is 2.17. The highest BCUT2D eigenvalue weighted by Gasteiger charge is 2.02. The molecule has 5 heteroatoms. The summed E-state index contributed by atoms with van der Waals surface area (Å²) in [7, 11) is 0. The molecule has 0 aromatic heterocycles. The van der Waals surface area contributed by atoms with Crippen molar-refractivity contribution in [1.82, 2.24) is 5.32 Å². The van der Waals surface area contributed by atoms with Gasteiger partial charge in [-0.3, -0.25) is 0 Å². The minimum atomic E-state index is -0.227. The first kappa shape index (κ1) is 18.0. The van der Waals surface area contributed by atoms with Crippen LogP contribution in [-0.4, -0.2) is 32.4 Å². The number of carbonyl (C=O) groups is 1. The second-order valence-corrected chi connectivity index (χ2v) is 4.83. The zero-order valence-electron chi connectivity index (χ0n) is 13.3. The summed E-state index contributed by atoms with van der Waals surface area (Å²) in [5.41, 5.74) is 0.693. The number of carbonyl (C=O) groups excluding carboxylic acids is 1. The number of unbranched alkanes of at least 4 members (excludes halogenated alkanes) is 1. The van der Waals surface area contributed by atoms with Crippen molar-refractivity contribution in [3.05, 3.63) is 36.9 Å². The van der Waals surface area contributed by atoms with Crippen LogP contribution in [0.15, 0.2) is 36.9 Å². The summed E-state index contributed by atoms with van der Waals surface area (Å²) in [6.07, 6.45) is 4.70. The first-order valence-corrected chi connectivity index (χ1v) is 7.72. The largest absolute Gasteiger partial charge is 0.489 e. The zero-order valence-corrected chi connectivity index (χ0v) is 13.3. The van der Waals surface area contributed by atoms with Crippen molar-refractivity contribution in [2.24, 2.45) is 0 Å². The molecule has 122 valence electrons. The van der Waals surface area contributed by atoms with Crippen molar-refractivity contribution < 1.29 is 14.3 Å². The lowest BCUT2D eigenvalue weighted by molar-refractivity contribution is 0.129. The molecule has 1 aromatic rings. The number of benzene rings is 1. The maximum atomic E-state index is 11.8. The van der Waals surface area contributed by atoms with E-state index in [4.69, 9.17) is 9.47 Å². The van der Waals surface area contributed by atoms with Gasteiger partial charge >= 0.3 is 6.03 Å². The third kappa shape index (κ3) is 8.32. The van der Waals surface area contributed by atoms with Gasteiger partial charge in [0, 0.05) is 31.5 Å². The number of urea groups is 1. The molecule has 2 amide bonds. The van der Waals surface area contributed by atoms with Gasteiger partial charge < -0.3 is 20.1 Å². The van der Waals surface area contributed by atoms with Crippen LogP contribution in [0.4, 0.5) is 10.5 Å². The molecule has 0 spiro atoms. The first-order valence-electron chi connectivity index (χ1n) is 7.72. The topological polar surface area (TPSA) is 59.6 Å². The Morgan fingerprint density at radius 1 is 1.32 bits per heavy atom.